The van der Waals surface area contributed by atoms with Crippen LogP contribution in [0.3, 0.4) is 0 Å². The second kappa shape index (κ2) is 8.62. The first-order valence-electron chi connectivity index (χ1n) is 12.1. The van der Waals surface area contributed by atoms with Crippen LogP contribution in [0.15, 0.2) is 42.5 Å². The van der Waals surface area contributed by atoms with Gasteiger partial charge in [0.1, 0.15) is 17.1 Å². The molecule has 0 aliphatic carbocycles. The molecule has 1 fully saturated rings. The van der Waals surface area contributed by atoms with Gasteiger partial charge in [0.2, 0.25) is 0 Å². The number of methoxy groups -OCH3 is 1. The van der Waals surface area contributed by atoms with Gasteiger partial charge in [-0.2, -0.15) is 0 Å². The highest BCUT2D eigenvalue weighted by Crippen LogP contribution is 2.31. The fraction of sp³-hybridized carbons (Fsp3) is 0.357. The average Bonchev–Trinajstić information content (AvgIpc) is 3.12. The molecule has 0 atom stereocenters. The van der Waals surface area contributed by atoms with E-state index in [0.29, 0.717) is 42.9 Å². The number of hydrogen-bond donors (Lipinski definition) is 0. The van der Waals surface area contributed by atoms with Crippen LogP contribution in [-0.2, 0) is 0 Å². The lowest BCUT2D eigenvalue weighted by atomic mass is 10.0. The van der Waals surface area contributed by atoms with E-state index in [1.807, 2.05) is 39.0 Å². The number of aryl methyl sites for hydroxylation is 1. The molecule has 3 amide bonds. The molecular weight excluding hydrogens is 456 g/mol. The van der Waals surface area contributed by atoms with Gasteiger partial charge < -0.3 is 14.5 Å². The molecule has 0 spiro atoms. The predicted octanol–water partition coefficient (Wildman–Crippen LogP) is 3.91. The largest absolute Gasteiger partial charge is 0.494 e. The molecule has 3 heterocycles. The maximum Gasteiger partial charge on any atom is 0.262 e. The Morgan fingerprint density at radius 3 is 2.31 bits per heavy atom. The van der Waals surface area contributed by atoms with Crippen molar-refractivity contribution in [2.24, 2.45) is 0 Å². The molecule has 8 heteroatoms. The smallest absolute Gasteiger partial charge is 0.262 e. The van der Waals surface area contributed by atoms with Gasteiger partial charge in [-0.25, -0.2) is 4.98 Å². The number of hydrogen-bond acceptors (Lipinski definition) is 6. The fourth-order valence-corrected chi connectivity index (χ4v) is 5.01. The van der Waals surface area contributed by atoms with Gasteiger partial charge >= 0.3 is 0 Å². The van der Waals surface area contributed by atoms with Crippen LogP contribution in [0.1, 0.15) is 57.4 Å². The summed E-state index contributed by atoms with van der Waals surface area (Å²) in [5.74, 6) is 0.790. The third kappa shape index (κ3) is 3.86. The molecule has 3 aromatic rings. The summed E-state index contributed by atoms with van der Waals surface area (Å²) in [5, 5.41) is 1.06. The number of aromatic nitrogens is 1. The number of carbonyl (C=O) groups excluding carboxylic acids is 3. The van der Waals surface area contributed by atoms with Crippen LogP contribution >= 0.6 is 0 Å². The number of nitrogens with zero attached hydrogens (tertiary/aromatic N) is 4. The van der Waals surface area contributed by atoms with Gasteiger partial charge in [-0.15, -0.1) is 0 Å². The number of fused-ring (bicyclic) bond motifs is 2. The summed E-state index contributed by atoms with van der Waals surface area (Å²) >= 11 is 0. The zero-order valence-corrected chi connectivity index (χ0v) is 21.3. The minimum absolute atomic E-state index is 0.142. The van der Waals surface area contributed by atoms with Crippen molar-refractivity contribution in [3.63, 3.8) is 0 Å². The minimum atomic E-state index is -0.632. The van der Waals surface area contributed by atoms with E-state index in [1.165, 1.54) is 4.90 Å². The Hall–Kier alpha value is -3.94. The van der Waals surface area contributed by atoms with Gasteiger partial charge in [0.25, 0.3) is 17.7 Å². The van der Waals surface area contributed by atoms with Crippen molar-refractivity contribution in [1.82, 2.24) is 14.8 Å². The molecule has 0 radical (unpaired) electrons. The van der Waals surface area contributed by atoms with E-state index in [-0.39, 0.29) is 17.7 Å². The first kappa shape index (κ1) is 23.8. The molecule has 0 saturated carbocycles. The number of imide groups is 1. The minimum Gasteiger partial charge on any atom is -0.494 e. The van der Waals surface area contributed by atoms with Crippen LogP contribution in [0.4, 0.5) is 5.82 Å². The molecule has 36 heavy (non-hydrogen) atoms. The lowest BCUT2D eigenvalue weighted by Gasteiger charge is -2.35. The molecule has 5 rings (SSSR count). The Labute approximate surface area is 210 Å². The topological polar surface area (TPSA) is 83.0 Å². The zero-order valence-electron chi connectivity index (χ0n) is 21.3. The van der Waals surface area contributed by atoms with Crippen molar-refractivity contribution in [2.45, 2.75) is 33.2 Å². The van der Waals surface area contributed by atoms with Gasteiger partial charge in [-0.1, -0.05) is 12.1 Å². The van der Waals surface area contributed by atoms with Crippen LogP contribution < -0.4 is 9.64 Å². The number of rotatable bonds is 3. The van der Waals surface area contributed by atoms with E-state index >= 15 is 0 Å². The molecule has 2 aliphatic heterocycles. The van der Waals surface area contributed by atoms with E-state index in [9.17, 15) is 14.4 Å². The van der Waals surface area contributed by atoms with Crippen molar-refractivity contribution >= 4 is 34.4 Å². The second-order valence-electron chi connectivity index (χ2n) is 10.3. The number of amides is 3. The van der Waals surface area contributed by atoms with Crippen molar-refractivity contribution in [3.05, 3.63) is 64.7 Å². The number of ether oxygens (including phenoxy) is 1. The van der Waals surface area contributed by atoms with E-state index in [2.05, 4.69) is 17.9 Å². The molecule has 8 nitrogen and oxygen atoms in total. The van der Waals surface area contributed by atoms with E-state index in [0.717, 1.165) is 28.0 Å². The SMILES string of the molecule is COc1cccc2c(C)cc(N3CCN(C(=O)c4ccc5c(c4)C(=O)N(C(C)(C)C)C5=O)CC3)nc12. The molecule has 186 valence electrons. The van der Waals surface area contributed by atoms with Gasteiger partial charge in [0, 0.05) is 42.7 Å². The Bertz CT molecular complexity index is 1400. The summed E-state index contributed by atoms with van der Waals surface area (Å²) in [6, 6.07) is 12.8. The summed E-state index contributed by atoms with van der Waals surface area (Å²) in [4.78, 5) is 49.0. The maximum atomic E-state index is 13.3. The highest BCUT2D eigenvalue weighted by Gasteiger charge is 2.42. The van der Waals surface area contributed by atoms with Crippen molar-refractivity contribution in [1.29, 1.82) is 0 Å². The van der Waals surface area contributed by atoms with Crippen molar-refractivity contribution in [3.8, 4) is 5.75 Å². The van der Waals surface area contributed by atoms with Crippen LogP contribution in [0.2, 0.25) is 0 Å². The van der Waals surface area contributed by atoms with E-state index < -0.39 is 5.54 Å². The number of pyridine rings is 1. The van der Waals surface area contributed by atoms with Crippen molar-refractivity contribution in [2.75, 3.05) is 38.2 Å². The number of carbonyl (C=O) groups is 3. The van der Waals surface area contributed by atoms with Gasteiger partial charge in [0.15, 0.2) is 0 Å². The van der Waals surface area contributed by atoms with Crippen LogP contribution in [0.25, 0.3) is 10.9 Å². The summed E-state index contributed by atoms with van der Waals surface area (Å²) in [6.07, 6.45) is 0. The maximum absolute atomic E-state index is 13.3. The Morgan fingerprint density at radius 2 is 1.64 bits per heavy atom. The number of anilines is 1. The van der Waals surface area contributed by atoms with Gasteiger partial charge in [-0.05, 0) is 63.6 Å². The van der Waals surface area contributed by atoms with Crippen LogP contribution in [-0.4, -0.2) is 71.3 Å². The third-order valence-electron chi connectivity index (χ3n) is 6.91. The summed E-state index contributed by atoms with van der Waals surface area (Å²) in [7, 11) is 1.64. The first-order chi connectivity index (χ1) is 17.1. The molecule has 1 saturated heterocycles. The Morgan fingerprint density at radius 1 is 0.944 bits per heavy atom. The van der Waals surface area contributed by atoms with Crippen molar-refractivity contribution < 1.29 is 19.1 Å². The summed E-state index contributed by atoms with van der Waals surface area (Å²) in [6.45, 7) is 9.86. The third-order valence-corrected chi connectivity index (χ3v) is 6.91. The number of para-hydroxylation sites is 1. The molecule has 1 aromatic heterocycles. The first-order valence-corrected chi connectivity index (χ1v) is 12.1. The quantitative estimate of drug-likeness (QED) is 0.522. The van der Waals surface area contributed by atoms with Crippen LogP contribution in [0, 0.1) is 6.92 Å². The zero-order chi connectivity index (χ0) is 25.8. The molecule has 0 bridgehead atoms. The molecular formula is C28H30N4O4. The van der Waals surface area contributed by atoms with Crippen LogP contribution in [0.5, 0.6) is 5.75 Å². The standard InChI is InChI=1S/C28H30N4O4/c1-17-15-23(29-24-19(17)7-6-8-22(24)36-5)30-11-13-31(14-12-30)25(33)18-9-10-20-21(16-18)27(35)32(26(20)34)28(2,3)4/h6-10,15-16H,11-14H2,1-5H3. The molecule has 2 aromatic carbocycles. The molecule has 2 aliphatic rings. The second-order valence-corrected chi connectivity index (χ2v) is 10.3. The average molecular weight is 487 g/mol. The highest BCUT2D eigenvalue weighted by molar-refractivity contribution is 6.22. The van der Waals surface area contributed by atoms with Gasteiger partial charge in [-0.3, -0.25) is 19.3 Å². The predicted molar refractivity (Wildman–Crippen MR) is 138 cm³/mol. The van der Waals surface area contributed by atoms with E-state index in [4.69, 9.17) is 9.72 Å². The van der Waals surface area contributed by atoms with Gasteiger partial charge in [0.05, 0.1) is 18.2 Å². The fourth-order valence-electron chi connectivity index (χ4n) is 5.01. The molecule has 0 unspecified atom stereocenters. The normalized spacial score (nSPS) is 16.1. The number of piperazine rings is 1. The summed E-state index contributed by atoms with van der Waals surface area (Å²) in [5.41, 5.74) is 2.38. The lowest BCUT2D eigenvalue weighted by molar-refractivity contribution is 0.0507. The monoisotopic (exact) mass is 486 g/mol. The molecule has 0 N–H and O–H groups in total. The highest BCUT2D eigenvalue weighted by atomic mass is 16.5. The summed E-state index contributed by atoms with van der Waals surface area (Å²) < 4.78 is 5.51. The van der Waals surface area contributed by atoms with E-state index in [1.54, 1.807) is 30.2 Å². The Balaban J connectivity index is 1.33. The lowest BCUT2D eigenvalue weighted by Crippen LogP contribution is -2.49. The number of benzene rings is 2. The Kier molecular flexibility index (Phi) is 5.70.